The third-order valence-electron chi connectivity index (χ3n) is 4.66. The van der Waals surface area contributed by atoms with Crippen LogP contribution in [0, 0.1) is 6.92 Å². The number of para-hydroxylation sites is 1. The SMILES string of the molecule is Cc1nc(-n2ccc3nc4ccn(-c5ccccc5Cl)c(=O)c4cc3c2=O)n[nH]1. The van der Waals surface area contributed by atoms with Crippen molar-refractivity contribution < 1.29 is 0 Å². The molecule has 29 heavy (non-hydrogen) atoms. The Balaban J connectivity index is 1.80. The summed E-state index contributed by atoms with van der Waals surface area (Å²) in [5.74, 6) is 0.822. The van der Waals surface area contributed by atoms with Gasteiger partial charge in [-0.2, -0.15) is 4.98 Å². The minimum absolute atomic E-state index is 0.232. The molecule has 0 unspecified atom stereocenters. The first kappa shape index (κ1) is 17.3. The molecule has 0 spiro atoms. The van der Waals surface area contributed by atoms with Gasteiger partial charge in [-0.25, -0.2) is 9.55 Å². The van der Waals surface area contributed by atoms with Gasteiger partial charge in [0.25, 0.3) is 17.1 Å². The van der Waals surface area contributed by atoms with Crippen LogP contribution in [0.4, 0.5) is 0 Å². The monoisotopic (exact) mass is 404 g/mol. The molecule has 0 aliphatic rings. The van der Waals surface area contributed by atoms with E-state index in [4.69, 9.17) is 11.6 Å². The predicted molar refractivity (Wildman–Crippen MR) is 110 cm³/mol. The summed E-state index contributed by atoms with van der Waals surface area (Å²) in [5.41, 5.74) is 0.873. The fourth-order valence-corrected chi connectivity index (χ4v) is 3.48. The Kier molecular flexibility index (Phi) is 3.82. The van der Waals surface area contributed by atoms with Gasteiger partial charge >= 0.3 is 0 Å². The van der Waals surface area contributed by atoms with Crippen LogP contribution in [0.25, 0.3) is 33.4 Å². The van der Waals surface area contributed by atoms with Crippen LogP contribution in [0.15, 0.2) is 64.4 Å². The number of aromatic nitrogens is 6. The van der Waals surface area contributed by atoms with E-state index in [-0.39, 0.29) is 17.1 Å². The molecule has 4 aromatic heterocycles. The highest BCUT2D eigenvalue weighted by Gasteiger charge is 2.13. The first-order valence-corrected chi connectivity index (χ1v) is 9.13. The van der Waals surface area contributed by atoms with Gasteiger partial charge in [-0.3, -0.25) is 19.3 Å². The maximum atomic E-state index is 13.1. The molecule has 0 saturated heterocycles. The van der Waals surface area contributed by atoms with E-state index in [2.05, 4.69) is 20.2 Å². The third kappa shape index (κ3) is 2.73. The van der Waals surface area contributed by atoms with Crippen LogP contribution in [0.5, 0.6) is 0 Å². The molecule has 5 aromatic rings. The summed E-state index contributed by atoms with van der Waals surface area (Å²) in [6.07, 6.45) is 3.19. The zero-order chi connectivity index (χ0) is 20.1. The maximum absolute atomic E-state index is 13.1. The second kappa shape index (κ2) is 6.39. The van der Waals surface area contributed by atoms with Crippen molar-refractivity contribution in [2.45, 2.75) is 6.92 Å². The number of benzene rings is 1. The molecular formula is C20H13ClN6O2. The van der Waals surface area contributed by atoms with Crippen LogP contribution in [0.3, 0.4) is 0 Å². The van der Waals surface area contributed by atoms with Crippen molar-refractivity contribution >= 4 is 33.4 Å². The summed E-state index contributed by atoms with van der Waals surface area (Å²) in [7, 11) is 0. The molecule has 5 rings (SSSR count). The highest BCUT2D eigenvalue weighted by Crippen LogP contribution is 2.20. The summed E-state index contributed by atoms with van der Waals surface area (Å²) in [4.78, 5) is 34.8. The Bertz CT molecular complexity index is 1530. The normalized spacial score (nSPS) is 11.4. The summed E-state index contributed by atoms with van der Waals surface area (Å²) >= 11 is 6.25. The van der Waals surface area contributed by atoms with E-state index in [9.17, 15) is 9.59 Å². The van der Waals surface area contributed by atoms with Gasteiger partial charge in [-0.05, 0) is 37.3 Å². The molecule has 0 aliphatic carbocycles. The van der Waals surface area contributed by atoms with Crippen molar-refractivity contribution in [1.29, 1.82) is 0 Å². The van der Waals surface area contributed by atoms with E-state index in [1.807, 2.05) is 0 Å². The number of pyridine rings is 3. The van der Waals surface area contributed by atoms with Gasteiger partial charge in [-0.15, -0.1) is 5.10 Å². The van der Waals surface area contributed by atoms with Gasteiger partial charge in [0, 0.05) is 12.4 Å². The number of halogens is 1. The topological polar surface area (TPSA) is 98.5 Å². The lowest BCUT2D eigenvalue weighted by Gasteiger charge is -2.09. The average Bonchev–Trinajstić information content (AvgIpc) is 3.15. The molecule has 8 nitrogen and oxygen atoms in total. The second-order valence-corrected chi connectivity index (χ2v) is 6.92. The van der Waals surface area contributed by atoms with Crippen LogP contribution in [0.1, 0.15) is 5.82 Å². The van der Waals surface area contributed by atoms with Crippen molar-refractivity contribution in [1.82, 2.24) is 29.3 Å². The molecule has 0 bridgehead atoms. The zero-order valence-electron chi connectivity index (χ0n) is 15.1. The van der Waals surface area contributed by atoms with Crippen molar-refractivity contribution in [3.05, 3.63) is 86.4 Å². The van der Waals surface area contributed by atoms with Crippen LogP contribution >= 0.6 is 11.6 Å². The van der Waals surface area contributed by atoms with Crippen molar-refractivity contribution in [2.24, 2.45) is 0 Å². The van der Waals surface area contributed by atoms with E-state index >= 15 is 0 Å². The molecule has 0 aliphatic heterocycles. The lowest BCUT2D eigenvalue weighted by molar-refractivity contribution is 0.901. The molecule has 0 amide bonds. The fourth-order valence-electron chi connectivity index (χ4n) is 3.26. The molecule has 1 aromatic carbocycles. The van der Waals surface area contributed by atoms with E-state index in [1.165, 1.54) is 9.13 Å². The summed E-state index contributed by atoms with van der Waals surface area (Å²) in [6, 6.07) is 12.0. The molecule has 1 N–H and O–H groups in total. The first-order chi connectivity index (χ1) is 14.0. The number of aryl methyl sites for hydroxylation is 1. The summed E-state index contributed by atoms with van der Waals surface area (Å²) in [6.45, 7) is 1.74. The van der Waals surface area contributed by atoms with Crippen LogP contribution < -0.4 is 11.1 Å². The Morgan fingerprint density at radius 2 is 1.55 bits per heavy atom. The largest absolute Gasteiger partial charge is 0.282 e. The van der Waals surface area contributed by atoms with Crippen molar-refractivity contribution in [3.8, 4) is 11.6 Å². The number of hydrogen-bond acceptors (Lipinski definition) is 5. The highest BCUT2D eigenvalue weighted by atomic mass is 35.5. The number of nitrogens with one attached hydrogen (secondary N) is 1. The van der Waals surface area contributed by atoms with E-state index in [0.717, 1.165) is 0 Å². The minimum Gasteiger partial charge on any atom is -0.282 e. The maximum Gasteiger partial charge on any atom is 0.267 e. The van der Waals surface area contributed by atoms with Crippen molar-refractivity contribution in [3.63, 3.8) is 0 Å². The fraction of sp³-hybridized carbons (Fsp3) is 0.0500. The van der Waals surface area contributed by atoms with Crippen LogP contribution in [-0.2, 0) is 0 Å². The standard InChI is InChI=1S/C20H13ClN6O2/c1-11-22-20(25-24-11)27-9-7-16-13(19(27)29)10-12-15(23-16)6-8-26(18(12)28)17-5-3-2-4-14(17)21/h2-10H,1H3,(H,22,24,25). The van der Waals surface area contributed by atoms with Gasteiger partial charge in [-0.1, -0.05) is 23.7 Å². The number of nitrogens with zero attached hydrogens (tertiary/aromatic N) is 5. The first-order valence-electron chi connectivity index (χ1n) is 8.75. The summed E-state index contributed by atoms with van der Waals surface area (Å²) < 4.78 is 2.76. The average molecular weight is 405 g/mol. The number of rotatable bonds is 2. The van der Waals surface area contributed by atoms with Gasteiger partial charge in [0.05, 0.1) is 32.5 Å². The van der Waals surface area contributed by atoms with Gasteiger partial charge in [0.1, 0.15) is 5.82 Å². The molecule has 0 fully saturated rings. The smallest absolute Gasteiger partial charge is 0.267 e. The Morgan fingerprint density at radius 3 is 2.21 bits per heavy atom. The molecular weight excluding hydrogens is 392 g/mol. The van der Waals surface area contributed by atoms with Gasteiger partial charge in [0.15, 0.2) is 0 Å². The second-order valence-electron chi connectivity index (χ2n) is 6.51. The van der Waals surface area contributed by atoms with Gasteiger partial charge < -0.3 is 0 Å². The lowest BCUT2D eigenvalue weighted by Crippen LogP contribution is -2.21. The summed E-state index contributed by atoms with van der Waals surface area (Å²) in [5, 5.41) is 7.80. The quantitative estimate of drug-likeness (QED) is 0.456. The predicted octanol–water partition coefficient (Wildman–Crippen LogP) is 2.77. The zero-order valence-corrected chi connectivity index (χ0v) is 15.9. The van der Waals surface area contributed by atoms with Gasteiger partial charge in [0.2, 0.25) is 0 Å². The minimum atomic E-state index is -0.358. The molecule has 4 heterocycles. The van der Waals surface area contributed by atoms with E-state index in [0.29, 0.717) is 38.3 Å². The number of aromatic amines is 1. The molecule has 142 valence electrons. The highest BCUT2D eigenvalue weighted by molar-refractivity contribution is 6.32. The number of fused-ring (bicyclic) bond motifs is 2. The van der Waals surface area contributed by atoms with E-state index in [1.54, 1.807) is 61.8 Å². The Labute approximate surface area is 168 Å². The van der Waals surface area contributed by atoms with Crippen LogP contribution in [0.2, 0.25) is 5.02 Å². The third-order valence-corrected chi connectivity index (χ3v) is 4.98. The molecule has 0 atom stereocenters. The Hall–Kier alpha value is -3.78. The number of H-pyrrole nitrogens is 1. The van der Waals surface area contributed by atoms with Crippen LogP contribution in [-0.4, -0.2) is 29.3 Å². The van der Waals surface area contributed by atoms with E-state index < -0.39 is 0 Å². The Morgan fingerprint density at radius 1 is 0.897 bits per heavy atom. The molecule has 0 saturated carbocycles. The molecule has 9 heteroatoms. The van der Waals surface area contributed by atoms with Crippen molar-refractivity contribution in [2.75, 3.05) is 0 Å². The molecule has 0 radical (unpaired) electrons. The lowest BCUT2D eigenvalue weighted by atomic mass is 10.2. The number of hydrogen-bond donors (Lipinski definition) is 1.